The molecule has 1 aliphatic heterocycles. The quantitative estimate of drug-likeness (QED) is 0.307. The second-order valence-electron chi connectivity index (χ2n) is 10.6. The van der Waals surface area contributed by atoms with Crippen LogP contribution in [0.3, 0.4) is 0 Å². The van der Waals surface area contributed by atoms with E-state index in [9.17, 15) is 0 Å². The molecule has 1 aliphatic carbocycles. The fraction of sp³-hybridized carbons (Fsp3) is 0.419. The Kier molecular flexibility index (Phi) is 7.29. The van der Waals surface area contributed by atoms with Gasteiger partial charge in [0, 0.05) is 36.6 Å². The number of hydrogen-bond donors (Lipinski definition) is 2. The van der Waals surface area contributed by atoms with Crippen LogP contribution in [0.5, 0.6) is 5.75 Å². The number of benzene rings is 2. The molecule has 1 saturated carbocycles. The molecule has 0 atom stereocenters. The van der Waals surface area contributed by atoms with Gasteiger partial charge in [-0.25, -0.2) is 9.97 Å². The highest BCUT2D eigenvalue weighted by Crippen LogP contribution is 2.45. The van der Waals surface area contributed by atoms with Gasteiger partial charge in [-0.1, -0.05) is 49.4 Å². The van der Waals surface area contributed by atoms with Crippen LogP contribution in [0.15, 0.2) is 60.9 Å². The summed E-state index contributed by atoms with van der Waals surface area (Å²) < 4.78 is 14.1. The zero-order valence-corrected chi connectivity index (χ0v) is 22.1. The van der Waals surface area contributed by atoms with E-state index in [0.29, 0.717) is 30.4 Å². The number of nitrogen functional groups attached to an aromatic ring is 1. The fourth-order valence-electron chi connectivity index (χ4n) is 6.05. The number of anilines is 1. The minimum absolute atomic E-state index is 0.425. The van der Waals surface area contributed by atoms with E-state index in [0.717, 1.165) is 85.3 Å². The van der Waals surface area contributed by atoms with Crippen molar-refractivity contribution < 1.29 is 9.47 Å². The Balaban J connectivity index is 1.26. The molecule has 4 aromatic rings. The number of nitrogens with two attached hydrogens (primary N) is 1. The minimum Gasteiger partial charge on any atom is -0.489 e. The fourth-order valence-corrected chi connectivity index (χ4v) is 6.05. The molecule has 0 spiro atoms. The monoisotopic (exact) mass is 511 g/mol. The van der Waals surface area contributed by atoms with Gasteiger partial charge in [0.05, 0.1) is 5.39 Å². The molecular formula is C31H37N5O2. The molecule has 198 valence electrons. The Labute approximate surface area is 224 Å². The van der Waals surface area contributed by atoms with Crippen molar-refractivity contribution >= 4 is 16.9 Å². The summed E-state index contributed by atoms with van der Waals surface area (Å²) in [6.07, 6.45) is 7.02. The second kappa shape index (κ2) is 11.1. The Hall–Kier alpha value is -3.42. The van der Waals surface area contributed by atoms with Crippen LogP contribution in [-0.2, 0) is 17.8 Å². The van der Waals surface area contributed by atoms with Gasteiger partial charge in [-0.3, -0.25) is 0 Å². The van der Waals surface area contributed by atoms with Crippen molar-refractivity contribution in [3.63, 3.8) is 0 Å². The molecule has 2 aliphatic rings. The molecule has 0 amide bonds. The number of rotatable bonds is 9. The van der Waals surface area contributed by atoms with E-state index in [2.05, 4.69) is 52.1 Å². The zero-order chi connectivity index (χ0) is 25.9. The Morgan fingerprint density at radius 3 is 2.66 bits per heavy atom. The van der Waals surface area contributed by atoms with Crippen molar-refractivity contribution in [1.29, 1.82) is 0 Å². The third kappa shape index (κ3) is 5.00. The molecule has 2 aromatic heterocycles. The molecule has 0 unspecified atom stereocenters. The van der Waals surface area contributed by atoms with Crippen LogP contribution in [0.4, 0.5) is 5.82 Å². The van der Waals surface area contributed by atoms with Crippen LogP contribution >= 0.6 is 0 Å². The van der Waals surface area contributed by atoms with Gasteiger partial charge in [0.1, 0.15) is 30.1 Å². The first-order chi connectivity index (χ1) is 18.7. The van der Waals surface area contributed by atoms with E-state index in [4.69, 9.17) is 20.2 Å². The average molecular weight is 512 g/mol. The van der Waals surface area contributed by atoms with Gasteiger partial charge < -0.3 is 25.1 Å². The highest BCUT2D eigenvalue weighted by molar-refractivity contribution is 6.02. The molecule has 7 nitrogen and oxygen atoms in total. The number of aromatic nitrogens is 3. The molecule has 2 fully saturated rings. The normalized spacial score (nSPS) is 19.9. The van der Waals surface area contributed by atoms with Gasteiger partial charge in [0.15, 0.2) is 0 Å². The summed E-state index contributed by atoms with van der Waals surface area (Å²) in [6, 6.07) is 19.6. The zero-order valence-electron chi connectivity index (χ0n) is 22.1. The predicted molar refractivity (Wildman–Crippen MR) is 151 cm³/mol. The number of nitrogens with one attached hydrogen (secondary N) is 1. The Bertz CT molecular complexity index is 1370. The molecule has 38 heavy (non-hydrogen) atoms. The number of nitrogens with zero attached hydrogens (tertiary/aromatic N) is 3. The lowest BCUT2D eigenvalue weighted by Gasteiger charge is -2.39. The van der Waals surface area contributed by atoms with E-state index in [1.807, 2.05) is 24.3 Å². The molecule has 7 heteroatoms. The summed E-state index contributed by atoms with van der Waals surface area (Å²) in [7, 11) is 0. The molecule has 0 radical (unpaired) electrons. The Morgan fingerprint density at radius 1 is 1.05 bits per heavy atom. The first kappa shape index (κ1) is 24.9. The van der Waals surface area contributed by atoms with E-state index < -0.39 is 0 Å². The maximum Gasteiger partial charge on any atom is 0.146 e. The SMILES string of the molecule is CCc1c(-c2cccc(OCc3ccccc3)c2)c2c(N)ncnc2n1[C@H]1C[C@@H](CNC2CCOCC2)C1. The molecular weight excluding hydrogens is 474 g/mol. The van der Waals surface area contributed by atoms with Crippen LogP contribution in [-0.4, -0.2) is 40.3 Å². The van der Waals surface area contributed by atoms with Crippen LogP contribution in [0.1, 0.15) is 49.9 Å². The van der Waals surface area contributed by atoms with Crippen molar-refractivity contribution in [3.05, 3.63) is 72.2 Å². The van der Waals surface area contributed by atoms with Crippen molar-refractivity contribution in [2.24, 2.45) is 5.92 Å². The maximum absolute atomic E-state index is 6.51. The number of fused-ring (bicyclic) bond motifs is 1. The summed E-state index contributed by atoms with van der Waals surface area (Å²) in [5, 5.41) is 4.73. The smallest absolute Gasteiger partial charge is 0.146 e. The van der Waals surface area contributed by atoms with Gasteiger partial charge in [0.2, 0.25) is 0 Å². The van der Waals surface area contributed by atoms with Crippen molar-refractivity contribution in [2.75, 3.05) is 25.5 Å². The van der Waals surface area contributed by atoms with Crippen molar-refractivity contribution in [1.82, 2.24) is 19.9 Å². The van der Waals surface area contributed by atoms with Crippen molar-refractivity contribution in [3.8, 4) is 16.9 Å². The predicted octanol–water partition coefficient (Wildman–Crippen LogP) is 5.54. The minimum atomic E-state index is 0.425. The molecule has 3 heterocycles. The number of hydrogen-bond acceptors (Lipinski definition) is 6. The first-order valence-corrected chi connectivity index (χ1v) is 13.9. The van der Waals surface area contributed by atoms with Gasteiger partial charge >= 0.3 is 0 Å². The standard InChI is InChI=1S/C31H37N5O2/c1-2-27-28(23-9-6-10-26(17-23)38-19-21-7-4-3-5-8-21)29-30(32)34-20-35-31(29)36(27)25-15-22(16-25)18-33-24-11-13-37-14-12-24/h3-10,17,20,22,24-25,33H,2,11-16,18-19H2,1H3,(H2,32,34,35)/t22-,25+. The van der Waals surface area contributed by atoms with Gasteiger partial charge in [-0.05, 0) is 67.8 Å². The second-order valence-corrected chi connectivity index (χ2v) is 10.6. The average Bonchev–Trinajstić information content (AvgIpc) is 3.27. The summed E-state index contributed by atoms with van der Waals surface area (Å²) in [5.41, 5.74) is 12.1. The largest absolute Gasteiger partial charge is 0.489 e. The van der Waals surface area contributed by atoms with E-state index in [1.165, 1.54) is 5.69 Å². The topological polar surface area (TPSA) is 87.2 Å². The molecule has 2 aromatic carbocycles. The summed E-state index contributed by atoms with van der Waals surface area (Å²) in [4.78, 5) is 9.14. The summed E-state index contributed by atoms with van der Waals surface area (Å²) >= 11 is 0. The highest BCUT2D eigenvalue weighted by atomic mass is 16.5. The lowest BCUT2D eigenvalue weighted by atomic mass is 9.79. The maximum atomic E-state index is 6.51. The van der Waals surface area contributed by atoms with Crippen LogP contribution in [0.2, 0.25) is 0 Å². The lowest BCUT2D eigenvalue weighted by Crippen LogP contribution is -2.41. The Morgan fingerprint density at radius 2 is 1.87 bits per heavy atom. The van der Waals surface area contributed by atoms with Gasteiger partial charge in [-0.2, -0.15) is 0 Å². The van der Waals surface area contributed by atoms with Crippen LogP contribution in [0.25, 0.3) is 22.2 Å². The first-order valence-electron chi connectivity index (χ1n) is 13.9. The molecule has 6 rings (SSSR count). The van der Waals surface area contributed by atoms with E-state index >= 15 is 0 Å². The highest BCUT2D eigenvalue weighted by Gasteiger charge is 2.35. The molecule has 0 bridgehead atoms. The third-order valence-electron chi connectivity index (χ3n) is 8.11. The van der Waals surface area contributed by atoms with E-state index in [-0.39, 0.29) is 0 Å². The lowest BCUT2D eigenvalue weighted by molar-refractivity contribution is 0.0737. The van der Waals surface area contributed by atoms with Crippen LogP contribution in [0, 0.1) is 5.92 Å². The number of ether oxygens (including phenoxy) is 2. The summed E-state index contributed by atoms with van der Waals surface area (Å²) in [6.45, 7) is 5.58. The van der Waals surface area contributed by atoms with Crippen molar-refractivity contribution in [2.45, 2.75) is 57.7 Å². The van der Waals surface area contributed by atoms with E-state index in [1.54, 1.807) is 6.33 Å². The molecule has 1 saturated heterocycles. The third-order valence-corrected chi connectivity index (χ3v) is 8.11. The molecule has 3 N–H and O–H groups in total. The van der Waals surface area contributed by atoms with Gasteiger partial charge in [-0.15, -0.1) is 0 Å². The van der Waals surface area contributed by atoms with Gasteiger partial charge in [0.25, 0.3) is 0 Å². The summed E-state index contributed by atoms with van der Waals surface area (Å²) in [5.74, 6) is 2.06. The van der Waals surface area contributed by atoms with Crippen LogP contribution < -0.4 is 15.8 Å².